The number of hydroxylamine groups is 2. The second-order valence-corrected chi connectivity index (χ2v) is 9.75. The molecule has 3 aromatic rings. The molecule has 2 amide bonds. The molecule has 0 fully saturated rings. The van der Waals surface area contributed by atoms with Gasteiger partial charge in [0.1, 0.15) is 5.56 Å². The van der Waals surface area contributed by atoms with E-state index < -0.39 is 11.3 Å². The Morgan fingerprint density at radius 2 is 1.62 bits per heavy atom. The summed E-state index contributed by atoms with van der Waals surface area (Å²) < 4.78 is 13.1. The number of benzene rings is 2. The van der Waals surface area contributed by atoms with Crippen molar-refractivity contribution < 1.29 is 23.9 Å². The lowest BCUT2D eigenvalue weighted by atomic mass is 9.83. The van der Waals surface area contributed by atoms with Gasteiger partial charge in [-0.1, -0.05) is 74.0 Å². The molecule has 0 spiro atoms. The van der Waals surface area contributed by atoms with E-state index >= 15 is 0 Å². The number of hydrogen-bond acceptors (Lipinski definition) is 6. The fourth-order valence-electron chi connectivity index (χ4n) is 5.10. The molecular formula is C31H37N3O6. The minimum atomic E-state index is -0.632. The summed E-state index contributed by atoms with van der Waals surface area (Å²) in [6.45, 7) is 3.28. The Morgan fingerprint density at radius 1 is 1.00 bits per heavy atom. The van der Waals surface area contributed by atoms with E-state index in [1.54, 1.807) is 16.6 Å². The van der Waals surface area contributed by atoms with Gasteiger partial charge in [-0.3, -0.25) is 19.2 Å². The molecule has 9 heteroatoms. The highest BCUT2D eigenvalue weighted by Gasteiger charge is 2.40. The number of amides is 2. The van der Waals surface area contributed by atoms with Gasteiger partial charge in [0.15, 0.2) is 11.4 Å². The van der Waals surface area contributed by atoms with Crippen molar-refractivity contribution in [2.75, 3.05) is 47.6 Å². The number of carbonyl (C=O) groups is 2. The summed E-state index contributed by atoms with van der Waals surface area (Å²) >= 11 is 0. The normalized spacial score (nSPS) is 14.8. The topological polar surface area (TPSA) is 90.3 Å². The fourth-order valence-corrected chi connectivity index (χ4v) is 5.10. The van der Waals surface area contributed by atoms with Crippen LogP contribution < -0.4 is 10.2 Å². The molecule has 2 heterocycles. The predicted octanol–water partition coefficient (Wildman–Crippen LogP) is 4.14. The maximum atomic E-state index is 14.0. The van der Waals surface area contributed by atoms with Crippen molar-refractivity contribution in [3.05, 3.63) is 99.5 Å². The third-order valence-electron chi connectivity index (χ3n) is 7.25. The Balaban J connectivity index is 2.00. The van der Waals surface area contributed by atoms with Gasteiger partial charge in [0.2, 0.25) is 5.43 Å². The van der Waals surface area contributed by atoms with E-state index in [9.17, 15) is 14.4 Å². The number of ether oxygens (including phenoxy) is 2. The molecule has 1 aliphatic heterocycles. The molecule has 0 aliphatic carbocycles. The molecule has 0 unspecified atom stereocenters. The zero-order chi connectivity index (χ0) is 28.6. The van der Waals surface area contributed by atoms with Crippen LogP contribution in [0.1, 0.15) is 63.7 Å². The van der Waals surface area contributed by atoms with Gasteiger partial charge in [-0.05, 0) is 17.5 Å². The van der Waals surface area contributed by atoms with Crippen LogP contribution in [0.25, 0.3) is 0 Å². The third-order valence-corrected chi connectivity index (χ3v) is 7.25. The molecule has 1 aromatic heterocycles. The van der Waals surface area contributed by atoms with Gasteiger partial charge in [-0.15, -0.1) is 0 Å². The van der Waals surface area contributed by atoms with Crippen LogP contribution in [-0.2, 0) is 9.57 Å². The van der Waals surface area contributed by atoms with Gasteiger partial charge in [-0.25, -0.2) is 5.06 Å². The van der Waals surface area contributed by atoms with Crippen LogP contribution >= 0.6 is 0 Å². The molecule has 4 rings (SSSR count). The van der Waals surface area contributed by atoms with E-state index in [-0.39, 0.29) is 41.5 Å². The Labute approximate surface area is 234 Å². The van der Waals surface area contributed by atoms with Crippen molar-refractivity contribution in [3.63, 3.8) is 0 Å². The lowest BCUT2D eigenvalue weighted by Crippen LogP contribution is -2.48. The van der Waals surface area contributed by atoms with E-state index in [0.717, 1.165) is 22.6 Å². The zero-order valence-electron chi connectivity index (χ0n) is 23.5. The third kappa shape index (κ3) is 5.95. The number of methoxy groups -OCH3 is 1. The summed E-state index contributed by atoms with van der Waals surface area (Å²) in [4.78, 5) is 47.8. The van der Waals surface area contributed by atoms with Gasteiger partial charge in [0.05, 0.1) is 26.4 Å². The van der Waals surface area contributed by atoms with Gasteiger partial charge < -0.3 is 18.9 Å². The van der Waals surface area contributed by atoms with Gasteiger partial charge >= 0.3 is 0 Å². The number of nitrogens with zero attached hydrogens (tertiary/aromatic N) is 3. The van der Waals surface area contributed by atoms with Crippen molar-refractivity contribution in [1.29, 1.82) is 0 Å². The van der Waals surface area contributed by atoms with Crippen LogP contribution in [0, 0.1) is 0 Å². The SMILES string of the molecule is CCCCOc1c2n(cc(C(=O)N(C)OC)c1=O)[C@@H](C(c1ccccc1)c1ccccc1)CN(CCOC)C2=O. The number of unbranched alkanes of at least 4 members (excludes halogenated alkanes) is 1. The summed E-state index contributed by atoms with van der Waals surface area (Å²) in [6.07, 6.45) is 3.03. The largest absolute Gasteiger partial charge is 0.487 e. The summed E-state index contributed by atoms with van der Waals surface area (Å²) in [7, 11) is 4.38. The quantitative estimate of drug-likeness (QED) is 0.250. The highest BCUT2D eigenvalue weighted by atomic mass is 16.7. The average Bonchev–Trinajstić information content (AvgIpc) is 2.99. The van der Waals surface area contributed by atoms with Crippen molar-refractivity contribution in [2.24, 2.45) is 0 Å². The van der Waals surface area contributed by atoms with E-state index in [0.29, 0.717) is 26.1 Å². The van der Waals surface area contributed by atoms with Gasteiger partial charge in [0.25, 0.3) is 11.8 Å². The molecule has 0 radical (unpaired) electrons. The lowest BCUT2D eigenvalue weighted by Gasteiger charge is -2.41. The van der Waals surface area contributed by atoms with E-state index in [2.05, 4.69) is 24.3 Å². The summed E-state index contributed by atoms with van der Waals surface area (Å²) in [5.41, 5.74) is 1.47. The van der Waals surface area contributed by atoms with E-state index in [1.165, 1.54) is 20.4 Å². The lowest BCUT2D eigenvalue weighted by molar-refractivity contribution is -0.0758. The van der Waals surface area contributed by atoms with Crippen LogP contribution in [0.4, 0.5) is 0 Å². The number of carbonyl (C=O) groups excluding carboxylic acids is 2. The van der Waals surface area contributed by atoms with Crippen LogP contribution in [0.3, 0.4) is 0 Å². The molecule has 1 aliphatic rings. The summed E-state index contributed by atoms with van der Waals surface area (Å²) in [5.74, 6) is -1.27. The number of pyridine rings is 1. The second kappa shape index (κ2) is 13.4. The fraction of sp³-hybridized carbons (Fsp3) is 0.387. The molecule has 0 N–H and O–H groups in total. The summed E-state index contributed by atoms with van der Waals surface area (Å²) in [5, 5.41) is 0.996. The predicted molar refractivity (Wildman–Crippen MR) is 152 cm³/mol. The standard InChI is InChI=1S/C31H37N3O6/c1-5-6-18-40-29-27-31(37)33(17-19-38-3)21-25(34(27)20-24(28(29)35)30(36)32(2)39-4)26(22-13-9-7-10-14-22)23-15-11-8-12-16-23/h7-16,20,25-26H,5-6,17-19,21H2,1-4H3/t25-/m1/s1. The molecule has 0 bridgehead atoms. The number of fused-ring (bicyclic) bond motifs is 1. The van der Waals surface area contributed by atoms with Crippen molar-refractivity contribution >= 4 is 11.8 Å². The first-order valence-corrected chi connectivity index (χ1v) is 13.5. The second-order valence-electron chi connectivity index (χ2n) is 9.75. The Kier molecular flexibility index (Phi) is 9.74. The highest BCUT2D eigenvalue weighted by molar-refractivity contribution is 5.99. The molecule has 9 nitrogen and oxygen atoms in total. The highest BCUT2D eigenvalue weighted by Crippen LogP contribution is 2.40. The molecule has 0 saturated carbocycles. The van der Waals surface area contributed by atoms with Crippen LogP contribution in [0.5, 0.6) is 5.75 Å². The molecular weight excluding hydrogens is 510 g/mol. The minimum Gasteiger partial charge on any atom is -0.487 e. The molecule has 1 atom stereocenters. The molecule has 40 heavy (non-hydrogen) atoms. The summed E-state index contributed by atoms with van der Waals surface area (Å²) in [6, 6.07) is 19.7. The maximum Gasteiger partial charge on any atom is 0.282 e. The zero-order valence-corrected chi connectivity index (χ0v) is 23.5. The first kappa shape index (κ1) is 29.0. The minimum absolute atomic E-state index is 0.110. The van der Waals surface area contributed by atoms with Gasteiger partial charge in [0, 0.05) is 39.4 Å². The van der Waals surface area contributed by atoms with E-state index in [4.69, 9.17) is 14.3 Å². The monoisotopic (exact) mass is 547 g/mol. The Bertz CT molecular complexity index is 1320. The smallest absolute Gasteiger partial charge is 0.282 e. The Hall–Kier alpha value is -3.95. The van der Waals surface area contributed by atoms with Crippen LogP contribution in [0.15, 0.2) is 71.7 Å². The molecule has 2 aromatic carbocycles. The maximum absolute atomic E-state index is 14.0. The van der Waals surface area contributed by atoms with Gasteiger partial charge in [-0.2, -0.15) is 0 Å². The first-order chi connectivity index (χ1) is 19.4. The van der Waals surface area contributed by atoms with Crippen molar-refractivity contribution in [1.82, 2.24) is 14.5 Å². The van der Waals surface area contributed by atoms with Crippen molar-refractivity contribution in [2.45, 2.75) is 31.7 Å². The number of hydrogen-bond donors (Lipinski definition) is 0. The average molecular weight is 548 g/mol. The number of rotatable bonds is 12. The molecule has 0 saturated heterocycles. The van der Waals surface area contributed by atoms with Crippen molar-refractivity contribution in [3.8, 4) is 5.75 Å². The van der Waals surface area contributed by atoms with Crippen LogP contribution in [-0.4, -0.2) is 73.9 Å². The molecule has 212 valence electrons. The van der Waals surface area contributed by atoms with E-state index in [1.807, 2.05) is 43.3 Å². The van der Waals surface area contributed by atoms with Crippen LogP contribution in [0.2, 0.25) is 0 Å². The number of aromatic nitrogens is 1. The Morgan fingerprint density at radius 3 is 2.17 bits per heavy atom. The first-order valence-electron chi connectivity index (χ1n) is 13.5.